The van der Waals surface area contributed by atoms with E-state index in [-0.39, 0.29) is 28.4 Å². The molecule has 3 aromatic rings. The van der Waals surface area contributed by atoms with Gasteiger partial charge in [-0.25, -0.2) is 0 Å². The summed E-state index contributed by atoms with van der Waals surface area (Å²) in [6, 6.07) is 14.5. The van der Waals surface area contributed by atoms with Gasteiger partial charge in [-0.2, -0.15) is 0 Å². The van der Waals surface area contributed by atoms with E-state index in [0.29, 0.717) is 16.6 Å². The summed E-state index contributed by atoms with van der Waals surface area (Å²) in [7, 11) is 2.05. The van der Waals surface area contributed by atoms with Crippen LogP contribution in [0.5, 0.6) is 5.75 Å². The fourth-order valence-corrected chi connectivity index (χ4v) is 5.28. The van der Waals surface area contributed by atoms with Crippen molar-refractivity contribution in [2.24, 2.45) is 0 Å². The maximum Gasteiger partial charge on any atom is 0.255 e. The average Bonchev–Trinajstić information content (AvgIpc) is 2.90. The number of para-hydroxylation sites is 1. The Bertz CT molecular complexity index is 1420. The van der Waals surface area contributed by atoms with Crippen LogP contribution in [-0.2, 0) is 17.8 Å². The molecule has 0 bridgehead atoms. The molecular weight excluding hydrogens is 513 g/mol. The van der Waals surface area contributed by atoms with Crippen LogP contribution in [0.25, 0.3) is 0 Å². The van der Waals surface area contributed by atoms with Crippen molar-refractivity contribution in [3.8, 4) is 5.75 Å². The van der Waals surface area contributed by atoms with Crippen molar-refractivity contribution in [2.75, 3.05) is 17.3 Å². The topological polar surface area (TPSA) is 87.7 Å². The standard InChI is InChI=1S/C28H25Cl2N3O4/c1-15-10-11-16-6-5-9-22(25(16)33(15)2)37-14-19-20(29)12-13-21(23(19)30)31-28(36)24-26(34)17-7-3-4-8-18(17)27(35)32-24/h3-9,12-13,15,24H,10-11,14H2,1-2H3,(H,31,36)(H,32,35). The zero-order valence-electron chi connectivity index (χ0n) is 20.3. The summed E-state index contributed by atoms with van der Waals surface area (Å²) in [5.41, 5.74) is 3.46. The molecule has 2 amide bonds. The van der Waals surface area contributed by atoms with Crippen LogP contribution < -0.4 is 20.3 Å². The number of rotatable bonds is 5. The second-order valence-electron chi connectivity index (χ2n) is 9.24. The first-order valence-corrected chi connectivity index (χ1v) is 12.7. The number of carbonyl (C=O) groups excluding carboxylic acids is 3. The number of carbonyl (C=O) groups is 3. The molecule has 190 valence electrons. The summed E-state index contributed by atoms with van der Waals surface area (Å²) < 4.78 is 6.18. The third-order valence-electron chi connectivity index (χ3n) is 6.98. The van der Waals surface area contributed by atoms with Gasteiger partial charge in [0.15, 0.2) is 11.8 Å². The lowest BCUT2D eigenvalue weighted by Crippen LogP contribution is -2.52. The summed E-state index contributed by atoms with van der Waals surface area (Å²) in [6.07, 6.45) is 2.05. The van der Waals surface area contributed by atoms with Gasteiger partial charge >= 0.3 is 0 Å². The molecule has 0 fully saturated rings. The minimum absolute atomic E-state index is 0.0759. The number of fused-ring (bicyclic) bond motifs is 2. The highest BCUT2D eigenvalue weighted by Crippen LogP contribution is 2.39. The molecule has 0 radical (unpaired) electrons. The molecule has 37 heavy (non-hydrogen) atoms. The Morgan fingerprint density at radius 2 is 1.84 bits per heavy atom. The van der Waals surface area contributed by atoms with E-state index in [1.807, 2.05) is 12.1 Å². The van der Waals surface area contributed by atoms with Crippen LogP contribution in [0.3, 0.4) is 0 Å². The van der Waals surface area contributed by atoms with E-state index in [2.05, 4.69) is 35.6 Å². The molecule has 9 heteroatoms. The van der Waals surface area contributed by atoms with E-state index in [9.17, 15) is 14.4 Å². The maximum absolute atomic E-state index is 13.0. The zero-order valence-corrected chi connectivity index (χ0v) is 21.8. The number of benzene rings is 3. The summed E-state index contributed by atoms with van der Waals surface area (Å²) in [5, 5.41) is 5.71. The third-order valence-corrected chi connectivity index (χ3v) is 7.77. The van der Waals surface area contributed by atoms with Crippen LogP contribution in [0.1, 0.15) is 45.2 Å². The van der Waals surface area contributed by atoms with Gasteiger partial charge in [0.1, 0.15) is 12.4 Å². The lowest BCUT2D eigenvalue weighted by atomic mass is 9.93. The Morgan fingerprint density at radius 3 is 2.62 bits per heavy atom. The van der Waals surface area contributed by atoms with Gasteiger partial charge in [0.05, 0.1) is 22.0 Å². The fraction of sp³-hybridized carbons (Fsp3) is 0.250. The van der Waals surface area contributed by atoms with E-state index >= 15 is 0 Å². The molecule has 0 saturated heterocycles. The minimum atomic E-state index is -1.37. The predicted octanol–water partition coefficient (Wildman–Crippen LogP) is 5.28. The van der Waals surface area contributed by atoms with Crippen molar-refractivity contribution < 1.29 is 19.1 Å². The lowest BCUT2D eigenvalue weighted by Gasteiger charge is -2.35. The Labute approximate surface area is 224 Å². The number of Topliss-reactive ketones (excluding diaryl/α,β-unsaturated/α-hetero) is 1. The normalized spacial score (nSPS) is 18.5. The number of nitrogens with one attached hydrogen (secondary N) is 2. The molecule has 2 aliphatic rings. The number of halogens is 2. The highest BCUT2D eigenvalue weighted by atomic mass is 35.5. The maximum atomic E-state index is 13.0. The van der Waals surface area contributed by atoms with E-state index in [1.54, 1.807) is 30.3 Å². The van der Waals surface area contributed by atoms with Crippen LogP contribution in [0.2, 0.25) is 10.0 Å². The largest absolute Gasteiger partial charge is 0.487 e. The second kappa shape index (κ2) is 10.1. The second-order valence-corrected chi connectivity index (χ2v) is 10.0. The van der Waals surface area contributed by atoms with E-state index in [0.717, 1.165) is 24.3 Å². The van der Waals surface area contributed by atoms with Gasteiger partial charge in [-0.3, -0.25) is 14.4 Å². The SMILES string of the molecule is CC1CCc2cccc(OCc3c(Cl)ccc(NC(=O)C4NC(=O)c5ccccc5C4=O)c3Cl)c2N1C. The van der Waals surface area contributed by atoms with Gasteiger partial charge in [-0.05, 0) is 49.6 Å². The Balaban J connectivity index is 1.36. The van der Waals surface area contributed by atoms with E-state index in [4.69, 9.17) is 27.9 Å². The van der Waals surface area contributed by atoms with Crippen LogP contribution >= 0.6 is 23.2 Å². The number of ether oxygens (including phenoxy) is 1. The van der Waals surface area contributed by atoms with E-state index < -0.39 is 23.6 Å². The minimum Gasteiger partial charge on any atom is -0.487 e. The zero-order chi connectivity index (χ0) is 26.3. The number of nitrogens with zero attached hydrogens (tertiary/aromatic N) is 1. The molecular formula is C28H25Cl2N3O4. The highest BCUT2D eigenvalue weighted by molar-refractivity contribution is 6.38. The first-order valence-electron chi connectivity index (χ1n) is 12.0. The monoisotopic (exact) mass is 537 g/mol. The number of ketones is 1. The molecule has 2 unspecified atom stereocenters. The highest BCUT2D eigenvalue weighted by Gasteiger charge is 2.36. The van der Waals surface area contributed by atoms with Crippen molar-refractivity contribution >= 4 is 52.2 Å². The van der Waals surface area contributed by atoms with Crippen LogP contribution in [0.4, 0.5) is 11.4 Å². The Hall–Kier alpha value is -3.55. The smallest absolute Gasteiger partial charge is 0.255 e. The molecule has 0 aromatic heterocycles. The summed E-state index contributed by atoms with van der Waals surface area (Å²) in [5.74, 6) is -0.954. The first kappa shape index (κ1) is 25.1. The summed E-state index contributed by atoms with van der Waals surface area (Å²) >= 11 is 13.1. The molecule has 2 heterocycles. The summed E-state index contributed by atoms with van der Waals surface area (Å²) in [6.45, 7) is 2.25. The molecule has 7 nitrogen and oxygen atoms in total. The summed E-state index contributed by atoms with van der Waals surface area (Å²) in [4.78, 5) is 40.5. The number of amides is 2. The van der Waals surface area contributed by atoms with Crippen LogP contribution in [0.15, 0.2) is 54.6 Å². The van der Waals surface area contributed by atoms with Gasteiger partial charge in [0, 0.05) is 29.2 Å². The molecule has 3 aromatic carbocycles. The molecule has 2 aliphatic heterocycles. The van der Waals surface area contributed by atoms with Crippen LogP contribution in [0, 0.1) is 0 Å². The fourth-order valence-electron chi connectivity index (χ4n) is 4.76. The Kier molecular flexibility index (Phi) is 6.84. The van der Waals surface area contributed by atoms with Crippen molar-refractivity contribution in [1.82, 2.24) is 5.32 Å². The molecule has 0 saturated carbocycles. The van der Waals surface area contributed by atoms with Gasteiger partial charge < -0.3 is 20.3 Å². The van der Waals surface area contributed by atoms with E-state index in [1.165, 1.54) is 11.6 Å². The first-order chi connectivity index (χ1) is 17.8. The average molecular weight is 538 g/mol. The third kappa shape index (κ3) is 4.65. The molecule has 0 aliphatic carbocycles. The van der Waals surface area contributed by atoms with Gasteiger partial charge in [-0.15, -0.1) is 0 Å². The Morgan fingerprint density at radius 1 is 1.08 bits per heavy atom. The number of hydrogen-bond donors (Lipinski definition) is 2. The number of hydrogen-bond acceptors (Lipinski definition) is 5. The molecule has 2 atom stereocenters. The molecule has 2 N–H and O–H groups in total. The van der Waals surface area contributed by atoms with Crippen molar-refractivity contribution in [2.45, 2.75) is 38.5 Å². The number of aryl methyl sites for hydroxylation is 1. The molecule has 5 rings (SSSR count). The number of anilines is 2. The van der Waals surface area contributed by atoms with Gasteiger partial charge in [0.25, 0.3) is 11.8 Å². The van der Waals surface area contributed by atoms with Crippen molar-refractivity contribution in [3.63, 3.8) is 0 Å². The predicted molar refractivity (Wildman–Crippen MR) is 144 cm³/mol. The van der Waals surface area contributed by atoms with Gasteiger partial charge in [-0.1, -0.05) is 53.5 Å². The lowest BCUT2D eigenvalue weighted by molar-refractivity contribution is -0.117. The quantitative estimate of drug-likeness (QED) is 0.432. The van der Waals surface area contributed by atoms with Gasteiger partial charge in [0.2, 0.25) is 0 Å². The molecule has 0 spiro atoms. The van der Waals surface area contributed by atoms with Crippen LogP contribution in [-0.4, -0.2) is 36.7 Å². The van der Waals surface area contributed by atoms with Crippen molar-refractivity contribution in [3.05, 3.63) is 86.9 Å². The van der Waals surface area contributed by atoms with Crippen molar-refractivity contribution in [1.29, 1.82) is 0 Å².